The van der Waals surface area contributed by atoms with Crippen molar-refractivity contribution in [2.75, 3.05) is 51.3 Å². The van der Waals surface area contributed by atoms with Crippen LogP contribution in [0.25, 0.3) is 0 Å². The fourth-order valence-electron chi connectivity index (χ4n) is 5.68. The Labute approximate surface area is 207 Å². The highest BCUT2D eigenvalue weighted by molar-refractivity contribution is 5.78. The first-order valence-electron chi connectivity index (χ1n) is 13.1. The number of ether oxygens (including phenoxy) is 2. The van der Waals surface area contributed by atoms with Gasteiger partial charge in [0.2, 0.25) is 5.91 Å². The second-order valence-corrected chi connectivity index (χ2v) is 10.1. The smallest absolute Gasteiger partial charge is 0.230 e. The number of amides is 1. The minimum Gasteiger partial charge on any atom is -0.493 e. The highest BCUT2D eigenvalue weighted by Crippen LogP contribution is 2.35. The number of nitrogens with one attached hydrogen (secondary N) is 1. The maximum Gasteiger partial charge on any atom is 0.230 e. The number of rotatable bonds is 8. The fraction of sp³-hybridized carbons (Fsp3) is 0.654. The number of H-pyrrole nitrogens is 1. The van der Waals surface area contributed by atoms with Crippen molar-refractivity contribution in [3.63, 3.8) is 0 Å². The van der Waals surface area contributed by atoms with Gasteiger partial charge in [0.05, 0.1) is 25.7 Å². The molecule has 1 amide bonds. The molecule has 2 saturated heterocycles. The summed E-state index contributed by atoms with van der Waals surface area (Å²) in [7, 11) is 1.70. The lowest BCUT2D eigenvalue weighted by Crippen LogP contribution is -2.59. The van der Waals surface area contributed by atoms with Crippen LogP contribution in [-0.2, 0) is 11.2 Å². The van der Waals surface area contributed by atoms with Crippen molar-refractivity contribution in [1.29, 1.82) is 0 Å². The molecular weight excluding hydrogens is 444 g/mol. The predicted octanol–water partition coefficient (Wildman–Crippen LogP) is 2.80. The third-order valence-corrected chi connectivity index (χ3v) is 7.53. The lowest BCUT2D eigenvalue weighted by Gasteiger charge is -2.44. The number of hydrogen-bond donors (Lipinski definition) is 1. The molecule has 5 rings (SSSR count). The first-order valence-corrected chi connectivity index (χ1v) is 13.1. The molecule has 9 nitrogen and oxygen atoms in total. The average Bonchev–Trinajstić information content (AvgIpc) is 3.64. The maximum atomic E-state index is 13.3. The van der Waals surface area contributed by atoms with Crippen LogP contribution in [0.5, 0.6) is 11.5 Å². The monoisotopic (exact) mass is 482 g/mol. The second-order valence-electron chi connectivity index (χ2n) is 10.1. The van der Waals surface area contributed by atoms with Gasteiger partial charge in [-0.15, -0.1) is 0 Å². The van der Waals surface area contributed by atoms with E-state index in [9.17, 15) is 4.79 Å². The minimum atomic E-state index is 0.104. The molecule has 9 heteroatoms. The Bertz CT molecular complexity index is 999. The standard InChI is InChI=1S/C26H38N6O3/c1-19-27-25(29-28-19)16-26(33)32-14-13-31(18-21(32)17-30-11-5-6-12-30)20-9-10-23(34-2)24(15-20)35-22-7-3-4-8-22/h9-10,15,21-22H,3-8,11-14,16-18H2,1-2H3,(H,27,28,29). The Kier molecular flexibility index (Phi) is 7.41. The normalized spacial score (nSPS) is 21.6. The van der Waals surface area contributed by atoms with Gasteiger partial charge in [-0.2, -0.15) is 5.10 Å². The van der Waals surface area contributed by atoms with E-state index in [0.29, 0.717) is 12.4 Å². The van der Waals surface area contributed by atoms with Crippen molar-refractivity contribution in [1.82, 2.24) is 25.0 Å². The number of carbonyl (C=O) groups excluding carboxylic acids is 1. The number of benzene rings is 1. The molecular formula is C26H38N6O3. The molecule has 35 heavy (non-hydrogen) atoms. The van der Waals surface area contributed by atoms with Gasteiger partial charge < -0.3 is 24.2 Å². The van der Waals surface area contributed by atoms with E-state index < -0.39 is 0 Å². The Hall–Kier alpha value is -2.81. The summed E-state index contributed by atoms with van der Waals surface area (Å²) in [6.07, 6.45) is 7.66. The molecule has 0 radical (unpaired) electrons. The van der Waals surface area contributed by atoms with Gasteiger partial charge in [0.15, 0.2) is 17.3 Å². The Balaban J connectivity index is 1.32. The number of anilines is 1. The highest BCUT2D eigenvalue weighted by Gasteiger charge is 2.33. The van der Waals surface area contributed by atoms with Gasteiger partial charge in [-0.05, 0) is 70.7 Å². The SMILES string of the molecule is COc1ccc(N2CCN(C(=O)Cc3n[nH]c(C)n3)C(CN3CCCC3)C2)cc1OC1CCCC1. The number of hydrogen-bond acceptors (Lipinski definition) is 7. The zero-order valence-corrected chi connectivity index (χ0v) is 21.0. The molecule has 1 atom stereocenters. The molecule has 2 aromatic rings. The van der Waals surface area contributed by atoms with E-state index in [2.05, 4.69) is 42.0 Å². The maximum absolute atomic E-state index is 13.3. The van der Waals surface area contributed by atoms with Crippen LogP contribution < -0.4 is 14.4 Å². The molecule has 2 aliphatic heterocycles. The number of carbonyl (C=O) groups is 1. The number of methoxy groups -OCH3 is 1. The molecule has 1 unspecified atom stereocenters. The summed E-state index contributed by atoms with van der Waals surface area (Å²) in [5.41, 5.74) is 1.13. The molecule has 0 spiro atoms. The number of nitrogens with zero attached hydrogens (tertiary/aromatic N) is 5. The van der Waals surface area contributed by atoms with Gasteiger partial charge in [0, 0.05) is 37.9 Å². The van der Waals surface area contributed by atoms with Crippen molar-refractivity contribution in [2.24, 2.45) is 0 Å². The van der Waals surface area contributed by atoms with Crippen LogP contribution >= 0.6 is 0 Å². The van der Waals surface area contributed by atoms with Crippen LogP contribution in [-0.4, -0.2) is 89.4 Å². The number of aryl methyl sites for hydroxylation is 1. The van der Waals surface area contributed by atoms with E-state index in [1.165, 1.54) is 25.7 Å². The summed E-state index contributed by atoms with van der Waals surface area (Å²) >= 11 is 0. The van der Waals surface area contributed by atoms with E-state index in [-0.39, 0.29) is 24.5 Å². The second kappa shape index (κ2) is 10.8. The molecule has 3 heterocycles. The van der Waals surface area contributed by atoms with Crippen LogP contribution in [0.15, 0.2) is 18.2 Å². The van der Waals surface area contributed by atoms with E-state index in [1.807, 2.05) is 13.0 Å². The van der Waals surface area contributed by atoms with Crippen molar-refractivity contribution >= 4 is 11.6 Å². The van der Waals surface area contributed by atoms with Gasteiger partial charge in [-0.25, -0.2) is 4.98 Å². The molecule has 1 N–H and O–H groups in total. The summed E-state index contributed by atoms with van der Waals surface area (Å²) in [4.78, 5) is 24.6. The molecule has 1 aromatic heterocycles. The van der Waals surface area contributed by atoms with E-state index in [4.69, 9.17) is 9.47 Å². The Morgan fingerprint density at radius 3 is 2.60 bits per heavy atom. The van der Waals surface area contributed by atoms with Gasteiger partial charge in [-0.3, -0.25) is 9.89 Å². The number of piperazine rings is 1. The molecule has 3 fully saturated rings. The first kappa shape index (κ1) is 23.9. The highest BCUT2D eigenvalue weighted by atomic mass is 16.5. The van der Waals surface area contributed by atoms with Gasteiger partial charge in [0.1, 0.15) is 5.82 Å². The zero-order chi connectivity index (χ0) is 24.2. The molecule has 1 aliphatic carbocycles. The summed E-state index contributed by atoms with van der Waals surface area (Å²) in [5.74, 6) is 3.02. The van der Waals surface area contributed by atoms with E-state index in [1.54, 1.807) is 7.11 Å². The van der Waals surface area contributed by atoms with Crippen molar-refractivity contribution in [2.45, 2.75) is 64.0 Å². The fourth-order valence-corrected chi connectivity index (χ4v) is 5.68. The van der Waals surface area contributed by atoms with Crippen LogP contribution in [0.1, 0.15) is 50.2 Å². The zero-order valence-electron chi connectivity index (χ0n) is 21.0. The Morgan fingerprint density at radius 2 is 1.89 bits per heavy atom. The summed E-state index contributed by atoms with van der Waals surface area (Å²) in [6.45, 7) is 7.24. The molecule has 1 saturated carbocycles. The lowest BCUT2D eigenvalue weighted by molar-refractivity contribution is -0.133. The predicted molar refractivity (Wildman–Crippen MR) is 134 cm³/mol. The largest absolute Gasteiger partial charge is 0.493 e. The van der Waals surface area contributed by atoms with Crippen LogP contribution in [0.2, 0.25) is 0 Å². The van der Waals surface area contributed by atoms with Crippen molar-refractivity contribution in [3.05, 3.63) is 29.8 Å². The number of aromatic nitrogens is 3. The van der Waals surface area contributed by atoms with Crippen LogP contribution in [0.3, 0.4) is 0 Å². The minimum absolute atomic E-state index is 0.104. The number of aromatic amines is 1. The Morgan fingerprint density at radius 1 is 1.09 bits per heavy atom. The average molecular weight is 483 g/mol. The van der Waals surface area contributed by atoms with E-state index in [0.717, 1.165) is 68.6 Å². The summed E-state index contributed by atoms with van der Waals surface area (Å²) in [5, 5.41) is 7.02. The third-order valence-electron chi connectivity index (χ3n) is 7.53. The van der Waals surface area contributed by atoms with E-state index >= 15 is 0 Å². The van der Waals surface area contributed by atoms with Crippen LogP contribution in [0.4, 0.5) is 5.69 Å². The van der Waals surface area contributed by atoms with Crippen molar-refractivity contribution < 1.29 is 14.3 Å². The summed E-state index contributed by atoms with van der Waals surface area (Å²) < 4.78 is 11.9. The number of likely N-dealkylation sites (tertiary alicyclic amines) is 1. The van der Waals surface area contributed by atoms with Gasteiger partial charge in [-0.1, -0.05) is 0 Å². The third kappa shape index (κ3) is 5.72. The van der Waals surface area contributed by atoms with Gasteiger partial charge >= 0.3 is 0 Å². The lowest BCUT2D eigenvalue weighted by atomic mass is 10.1. The molecule has 0 bridgehead atoms. The molecule has 190 valence electrons. The van der Waals surface area contributed by atoms with Crippen molar-refractivity contribution in [3.8, 4) is 11.5 Å². The topological polar surface area (TPSA) is 86.8 Å². The molecule has 1 aromatic carbocycles. The van der Waals surface area contributed by atoms with Gasteiger partial charge in [0.25, 0.3) is 0 Å². The first-order chi connectivity index (χ1) is 17.1. The summed E-state index contributed by atoms with van der Waals surface area (Å²) in [6, 6.07) is 6.37. The quantitative estimate of drug-likeness (QED) is 0.619. The van der Waals surface area contributed by atoms with Crippen LogP contribution in [0, 0.1) is 6.92 Å². The molecule has 3 aliphatic rings.